The van der Waals surface area contributed by atoms with Gasteiger partial charge in [0, 0.05) is 10.9 Å². The van der Waals surface area contributed by atoms with Crippen molar-refractivity contribution in [3.8, 4) is 0 Å². The van der Waals surface area contributed by atoms with Gasteiger partial charge in [0.15, 0.2) is 0 Å². The number of aromatic nitrogens is 2. The lowest BCUT2D eigenvalue weighted by molar-refractivity contribution is 0.477. The van der Waals surface area contributed by atoms with Crippen molar-refractivity contribution < 1.29 is 0 Å². The summed E-state index contributed by atoms with van der Waals surface area (Å²) in [6.07, 6.45) is 3.76. The van der Waals surface area contributed by atoms with Gasteiger partial charge in [-0.2, -0.15) is 0 Å². The Morgan fingerprint density at radius 2 is 1.82 bits per heavy atom. The Balaban J connectivity index is 2.42. The van der Waals surface area contributed by atoms with E-state index in [4.69, 9.17) is 0 Å². The van der Waals surface area contributed by atoms with Crippen LogP contribution in [0.3, 0.4) is 0 Å². The van der Waals surface area contributed by atoms with Crippen molar-refractivity contribution in [1.29, 1.82) is 0 Å². The number of hydrogen-bond acceptors (Lipinski definition) is 3. The molecule has 0 saturated heterocycles. The van der Waals surface area contributed by atoms with Gasteiger partial charge in [-0.1, -0.05) is 26.0 Å². The molecule has 2 aromatic rings. The molecule has 0 aliphatic carbocycles. The van der Waals surface area contributed by atoms with E-state index < -0.39 is 0 Å². The summed E-state index contributed by atoms with van der Waals surface area (Å²) in [5.41, 5.74) is 1.08. The molecule has 0 fully saturated rings. The smallest absolute Gasteiger partial charge is 0.137 e. The average molecular weight is 229 g/mol. The third-order valence-corrected chi connectivity index (χ3v) is 3.52. The van der Waals surface area contributed by atoms with Crippen LogP contribution in [0.1, 0.15) is 33.6 Å². The minimum Gasteiger partial charge on any atom is -0.364 e. The summed E-state index contributed by atoms with van der Waals surface area (Å²) >= 11 is 0. The first-order valence-electron chi connectivity index (χ1n) is 6.16. The van der Waals surface area contributed by atoms with E-state index in [0.717, 1.165) is 29.6 Å². The van der Waals surface area contributed by atoms with Crippen molar-refractivity contribution in [2.45, 2.75) is 39.2 Å². The second-order valence-electron chi connectivity index (χ2n) is 4.63. The third kappa shape index (κ3) is 2.38. The predicted octanol–water partition coefficient (Wildman–Crippen LogP) is 3.62. The van der Waals surface area contributed by atoms with E-state index in [1.165, 1.54) is 0 Å². The minimum atomic E-state index is 0.0944. The van der Waals surface area contributed by atoms with Crippen LogP contribution in [-0.2, 0) is 0 Å². The van der Waals surface area contributed by atoms with Crippen molar-refractivity contribution >= 4 is 16.7 Å². The van der Waals surface area contributed by atoms with Gasteiger partial charge in [-0.15, -0.1) is 0 Å². The van der Waals surface area contributed by atoms with Crippen molar-refractivity contribution in [2.75, 3.05) is 5.32 Å². The second kappa shape index (κ2) is 4.70. The zero-order valence-corrected chi connectivity index (χ0v) is 10.7. The molecule has 0 unspecified atom stereocenters. The molecule has 0 aliphatic heterocycles. The Labute approximate surface area is 102 Å². The van der Waals surface area contributed by atoms with Crippen molar-refractivity contribution in [3.63, 3.8) is 0 Å². The van der Waals surface area contributed by atoms with Crippen LogP contribution in [0.4, 0.5) is 5.82 Å². The molecule has 0 saturated carbocycles. The van der Waals surface area contributed by atoms with Crippen LogP contribution in [-0.4, -0.2) is 15.5 Å². The standard InChI is InChI=1S/C14H19N3/c1-4-14(3,5-2)17-13-11-8-6-7-9-12(11)15-10-16-13/h6-10H,4-5H2,1-3H3,(H,15,16,17). The first-order chi connectivity index (χ1) is 8.18. The van der Waals surface area contributed by atoms with Crippen LogP contribution < -0.4 is 5.32 Å². The maximum Gasteiger partial charge on any atom is 0.137 e. The Bertz CT molecular complexity index is 498. The van der Waals surface area contributed by atoms with E-state index in [9.17, 15) is 0 Å². The highest BCUT2D eigenvalue weighted by molar-refractivity contribution is 5.88. The Morgan fingerprint density at radius 3 is 2.53 bits per heavy atom. The van der Waals surface area contributed by atoms with Gasteiger partial charge in [-0.05, 0) is 31.9 Å². The monoisotopic (exact) mass is 229 g/mol. The Morgan fingerprint density at radius 1 is 1.12 bits per heavy atom. The molecular formula is C14H19N3. The summed E-state index contributed by atoms with van der Waals surface area (Å²) in [6, 6.07) is 8.09. The highest BCUT2D eigenvalue weighted by atomic mass is 15.1. The zero-order chi connectivity index (χ0) is 12.3. The van der Waals surface area contributed by atoms with Gasteiger partial charge in [0.2, 0.25) is 0 Å². The molecular weight excluding hydrogens is 210 g/mol. The summed E-state index contributed by atoms with van der Waals surface area (Å²) in [6.45, 7) is 6.61. The topological polar surface area (TPSA) is 37.8 Å². The fourth-order valence-corrected chi connectivity index (χ4v) is 1.82. The van der Waals surface area contributed by atoms with E-state index in [-0.39, 0.29) is 5.54 Å². The van der Waals surface area contributed by atoms with Crippen LogP contribution in [0.25, 0.3) is 10.9 Å². The van der Waals surface area contributed by atoms with Gasteiger partial charge in [0.25, 0.3) is 0 Å². The number of rotatable bonds is 4. The molecule has 2 rings (SSSR count). The van der Waals surface area contributed by atoms with E-state index in [2.05, 4.69) is 42.1 Å². The average Bonchev–Trinajstić information content (AvgIpc) is 2.39. The summed E-state index contributed by atoms with van der Waals surface area (Å²) in [5, 5.41) is 4.63. The van der Waals surface area contributed by atoms with Crippen molar-refractivity contribution in [2.24, 2.45) is 0 Å². The molecule has 0 radical (unpaired) electrons. The molecule has 0 amide bonds. The number of para-hydroxylation sites is 1. The molecule has 1 aromatic heterocycles. The third-order valence-electron chi connectivity index (χ3n) is 3.52. The SMILES string of the molecule is CCC(C)(CC)Nc1ncnc2ccccc12. The highest BCUT2D eigenvalue weighted by Crippen LogP contribution is 2.25. The largest absolute Gasteiger partial charge is 0.364 e. The summed E-state index contributed by atoms with van der Waals surface area (Å²) < 4.78 is 0. The van der Waals surface area contributed by atoms with Crippen LogP contribution >= 0.6 is 0 Å². The molecule has 0 spiro atoms. The van der Waals surface area contributed by atoms with Gasteiger partial charge in [0.05, 0.1) is 5.52 Å². The fraction of sp³-hybridized carbons (Fsp3) is 0.429. The molecule has 1 aromatic carbocycles. The lowest BCUT2D eigenvalue weighted by Gasteiger charge is -2.29. The van der Waals surface area contributed by atoms with Gasteiger partial charge in [-0.3, -0.25) is 0 Å². The first kappa shape index (κ1) is 11.8. The fourth-order valence-electron chi connectivity index (χ4n) is 1.82. The maximum absolute atomic E-state index is 4.37. The molecule has 0 bridgehead atoms. The van der Waals surface area contributed by atoms with E-state index in [1.54, 1.807) is 6.33 Å². The normalized spacial score (nSPS) is 11.7. The quantitative estimate of drug-likeness (QED) is 0.870. The zero-order valence-electron chi connectivity index (χ0n) is 10.7. The molecule has 17 heavy (non-hydrogen) atoms. The minimum absolute atomic E-state index is 0.0944. The number of anilines is 1. The van der Waals surface area contributed by atoms with Crippen LogP contribution in [0.15, 0.2) is 30.6 Å². The number of hydrogen-bond donors (Lipinski definition) is 1. The van der Waals surface area contributed by atoms with Gasteiger partial charge in [-0.25, -0.2) is 9.97 Å². The number of nitrogens with zero attached hydrogens (tertiary/aromatic N) is 2. The van der Waals surface area contributed by atoms with Gasteiger partial charge < -0.3 is 5.32 Å². The van der Waals surface area contributed by atoms with Gasteiger partial charge in [0.1, 0.15) is 12.1 Å². The van der Waals surface area contributed by atoms with Crippen molar-refractivity contribution in [1.82, 2.24) is 9.97 Å². The highest BCUT2D eigenvalue weighted by Gasteiger charge is 2.20. The number of fused-ring (bicyclic) bond motifs is 1. The summed E-state index contributed by atoms with van der Waals surface area (Å²) in [7, 11) is 0. The van der Waals surface area contributed by atoms with E-state index >= 15 is 0 Å². The summed E-state index contributed by atoms with van der Waals surface area (Å²) in [5.74, 6) is 0.932. The first-order valence-corrected chi connectivity index (χ1v) is 6.16. The lowest BCUT2D eigenvalue weighted by Crippen LogP contribution is -2.33. The van der Waals surface area contributed by atoms with Crippen LogP contribution in [0.2, 0.25) is 0 Å². The predicted molar refractivity (Wildman–Crippen MR) is 72.1 cm³/mol. The molecule has 1 heterocycles. The van der Waals surface area contributed by atoms with E-state index in [0.29, 0.717) is 0 Å². The van der Waals surface area contributed by atoms with Crippen LogP contribution in [0.5, 0.6) is 0 Å². The molecule has 3 nitrogen and oxygen atoms in total. The lowest BCUT2D eigenvalue weighted by atomic mass is 9.95. The number of nitrogens with one attached hydrogen (secondary N) is 1. The van der Waals surface area contributed by atoms with Gasteiger partial charge >= 0.3 is 0 Å². The molecule has 3 heteroatoms. The molecule has 0 atom stereocenters. The maximum atomic E-state index is 4.37. The molecule has 0 aliphatic rings. The second-order valence-corrected chi connectivity index (χ2v) is 4.63. The van der Waals surface area contributed by atoms with Crippen LogP contribution in [0, 0.1) is 0 Å². The van der Waals surface area contributed by atoms with Crippen molar-refractivity contribution in [3.05, 3.63) is 30.6 Å². The Kier molecular flexibility index (Phi) is 3.27. The molecule has 1 N–H and O–H groups in total. The number of benzene rings is 1. The Hall–Kier alpha value is -1.64. The van der Waals surface area contributed by atoms with E-state index in [1.807, 2.05) is 18.2 Å². The molecule has 90 valence electrons. The summed E-state index contributed by atoms with van der Waals surface area (Å²) in [4.78, 5) is 8.64.